The van der Waals surface area contributed by atoms with Crippen LogP contribution in [0.2, 0.25) is 0 Å². The molecule has 0 bridgehead atoms. The lowest BCUT2D eigenvalue weighted by molar-refractivity contribution is 0.0583. The highest BCUT2D eigenvalue weighted by molar-refractivity contribution is 14.1. The first-order valence-corrected chi connectivity index (χ1v) is 43.8. The number of hydrogen-bond donors (Lipinski definition) is 1. The van der Waals surface area contributed by atoms with Crippen LogP contribution in [0.5, 0.6) is 97.7 Å². The number of phenols is 1. The first-order valence-electron chi connectivity index (χ1n) is 42.7. The highest BCUT2D eigenvalue weighted by atomic mass is 127. The Labute approximate surface area is 778 Å². The molecule has 0 spiro atoms. The maximum Gasteiger partial charge on any atom is 0.254 e. The Hall–Kier alpha value is -14.2. The summed E-state index contributed by atoms with van der Waals surface area (Å²) in [6.07, 6.45) is 2.85. The van der Waals surface area contributed by atoms with Crippen LogP contribution in [0.15, 0.2) is 249 Å². The molecule has 12 aromatic rings. The number of nitrogens with zero attached hydrogens (tertiary/aromatic N) is 4. The van der Waals surface area contributed by atoms with Crippen molar-refractivity contribution in [2.45, 2.75) is 56.8 Å². The summed E-state index contributed by atoms with van der Waals surface area (Å²) in [5, 5.41) is 9.87. The minimum atomic E-state index is -0.356. The third kappa shape index (κ3) is 22.8. The zero-order chi connectivity index (χ0) is 92.6. The molecule has 16 rings (SSSR count). The number of phenolic OH excluding ortho intramolecular Hbond substituents is 1. The van der Waals surface area contributed by atoms with Gasteiger partial charge in [-0.05, 0) is 293 Å². The molecule has 4 unspecified atom stereocenters. The lowest BCUT2D eigenvalue weighted by Crippen LogP contribution is -2.42. The summed E-state index contributed by atoms with van der Waals surface area (Å²) in [6.45, 7) is 5.40. The molecule has 12 aromatic carbocycles. The summed E-state index contributed by atoms with van der Waals surface area (Å²) in [5.41, 5.74) is 11.8. The van der Waals surface area contributed by atoms with Crippen LogP contribution in [0.1, 0.15) is 116 Å². The smallest absolute Gasteiger partial charge is 0.254 e. The molecule has 0 fully saturated rings. The summed E-state index contributed by atoms with van der Waals surface area (Å²) in [7, 11) is 19.4. The van der Waals surface area contributed by atoms with E-state index in [2.05, 4.69) is 22.6 Å². The zero-order valence-electron chi connectivity index (χ0n) is 75.7. The number of methoxy groups -OCH3 is 12. The number of aromatic hydroxyl groups is 1. The molecule has 131 heavy (non-hydrogen) atoms. The Morgan fingerprint density at radius 3 is 0.916 bits per heavy atom. The average molecular weight is 1890 g/mol. The molecule has 1 N–H and O–H groups in total. The number of aryl methyl sites for hydroxylation is 1. The van der Waals surface area contributed by atoms with E-state index in [1.807, 2.05) is 246 Å². The van der Waals surface area contributed by atoms with E-state index in [9.17, 15) is 24.3 Å². The maximum atomic E-state index is 13.6. The van der Waals surface area contributed by atoms with E-state index >= 15 is 0 Å². The Kier molecular flexibility index (Phi) is 32.6. The van der Waals surface area contributed by atoms with Crippen molar-refractivity contribution in [3.05, 3.63) is 325 Å². The fraction of sp³-hybridized carbons (Fsp3) is 0.276. The summed E-state index contributed by atoms with van der Waals surface area (Å²) < 4.78 is 90.7. The highest BCUT2D eigenvalue weighted by Gasteiger charge is 2.39. The van der Waals surface area contributed by atoms with E-state index in [-0.39, 0.29) is 60.2 Å². The van der Waals surface area contributed by atoms with Gasteiger partial charge in [0.1, 0.15) is 78.2 Å². The molecular weight excluding hydrogens is 1780 g/mol. The number of fused-ring (bicyclic) bond motifs is 4. The van der Waals surface area contributed by atoms with E-state index in [1.54, 1.807) is 108 Å². The third-order valence-electron chi connectivity index (χ3n) is 23.5. The number of benzene rings is 12. The molecule has 25 nitrogen and oxygen atoms in total. The molecule has 0 radical (unpaired) electrons. The van der Waals surface area contributed by atoms with Crippen molar-refractivity contribution < 1.29 is 100 Å². The van der Waals surface area contributed by atoms with E-state index in [1.165, 1.54) is 6.07 Å². The number of halogens is 1. The Morgan fingerprint density at radius 2 is 0.573 bits per heavy atom. The summed E-state index contributed by atoms with van der Waals surface area (Å²) >= 11 is 2.23. The van der Waals surface area contributed by atoms with Crippen LogP contribution in [0.3, 0.4) is 0 Å². The van der Waals surface area contributed by atoms with Gasteiger partial charge in [0.15, 0.2) is 46.0 Å². The highest BCUT2D eigenvalue weighted by Crippen LogP contribution is 2.45. The predicted molar refractivity (Wildman–Crippen MR) is 507 cm³/mol. The molecule has 682 valence electrons. The third-order valence-corrected chi connectivity index (χ3v) is 24.1. The fourth-order valence-corrected chi connectivity index (χ4v) is 17.1. The number of amides is 4. The van der Waals surface area contributed by atoms with Crippen LogP contribution in [0.4, 0.5) is 0 Å². The molecule has 4 amide bonds. The first-order chi connectivity index (χ1) is 63.8. The van der Waals surface area contributed by atoms with Gasteiger partial charge in [0.2, 0.25) is 0 Å². The minimum Gasteiger partial charge on any atom is -0.508 e. The Balaban J connectivity index is 0.000000149. The molecular formula is C105H109IN4O21. The Bertz CT molecular complexity index is 5720. The van der Waals surface area contributed by atoms with E-state index in [0.717, 1.165) is 95.9 Å². The van der Waals surface area contributed by atoms with Gasteiger partial charge in [-0.3, -0.25) is 19.2 Å². The van der Waals surface area contributed by atoms with Crippen molar-refractivity contribution in [2.24, 2.45) is 0 Å². The molecule has 4 heterocycles. The minimum absolute atomic E-state index is 0.00290. The maximum absolute atomic E-state index is 13.6. The van der Waals surface area contributed by atoms with E-state index in [0.29, 0.717) is 144 Å². The van der Waals surface area contributed by atoms with Gasteiger partial charge in [0.25, 0.3) is 23.6 Å². The summed E-state index contributed by atoms with van der Waals surface area (Å²) in [4.78, 5) is 61.4. The molecule has 4 atom stereocenters. The van der Waals surface area contributed by atoms with Gasteiger partial charge in [-0.15, -0.1) is 0 Å². The molecule has 0 aromatic heterocycles. The quantitative estimate of drug-likeness (QED) is 0.0447. The van der Waals surface area contributed by atoms with Crippen LogP contribution < -0.4 is 75.8 Å². The monoisotopic (exact) mass is 1890 g/mol. The summed E-state index contributed by atoms with van der Waals surface area (Å²) in [5.74, 6) is 10.8. The van der Waals surface area contributed by atoms with Crippen molar-refractivity contribution in [1.82, 2.24) is 19.6 Å². The number of carbonyl (C=O) groups is 4. The number of carbonyl (C=O) groups excluding carboxylic acids is 4. The SMILES string of the molecule is COc1ccc(OCC2c3cc(OC)c(OC)cc3CCN2C(=O)c2cccc(I)c2)cc1.COc1ccc(OCC2c3cc(OC)c(OC)cc3CCN2C(=O)c2cccc(O)c2)cc1.COc1ccc(OCC2c3cc(OC)c(OC)cc3CCN2C(=O)c2ccccc2C)cc1.COc1cccc(OCC2c3cc(OC)c(OC)cc3CCN2C(=O)c2ccccc2)c1. The van der Waals surface area contributed by atoms with Crippen LogP contribution in [0, 0.1) is 10.5 Å². The topological polar surface area (TPSA) is 249 Å². The lowest BCUT2D eigenvalue weighted by atomic mass is 9.91. The van der Waals surface area contributed by atoms with Gasteiger partial charge in [-0.25, -0.2) is 0 Å². The molecule has 0 saturated carbocycles. The van der Waals surface area contributed by atoms with Gasteiger partial charge in [-0.2, -0.15) is 0 Å². The number of hydrogen-bond acceptors (Lipinski definition) is 21. The van der Waals surface area contributed by atoms with Crippen LogP contribution in [0.25, 0.3) is 0 Å². The Morgan fingerprint density at radius 1 is 0.282 bits per heavy atom. The van der Waals surface area contributed by atoms with Crippen LogP contribution in [-0.2, 0) is 25.7 Å². The second-order valence-electron chi connectivity index (χ2n) is 30.9. The van der Waals surface area contributed by atoms with Gasteiger partial charge in [-0.1, -0.05) is 54.6 Å². The normalized spacial score (nSPS) is 14.9. The van der Waals surface area contributed by atoms with Crippen molar-refractivity contribution in [2.75, 3.05) is 138 Å². The molecule has 4 aliphatic rings. The first kappa shape index (κ1) is 94.5. The molecule has 4 aliphatic heterocycles. The summed E-state index contributed by atoms with van der Waals surface area (Å²) in [6, 6.07) is 75.3. The second kappa shape index (κ2) is 45.2. The van der Waals surface area contributed by atoms with Gasteiger partial charge in [0, 0.05) is 58.1 Å². The average Bonchev–Trinajstić information content (AvgIpc) is 0.783. The molecule has 26 heteroatoms. The van der Waals surface area contributed by atoms with Gasteiger partial charge < -0.3 is 100 Å². The van der Waals surface area contributed by atoms with Crippen molar-refractivity contribution in [3.63, 3.8) is 0 Å². The van der Waals surface area contributed by atoms with Crippen molar-refractivity contribution in [3.8, 4) is 97.7 Å². The van der Waals surface area contributed by atoms with Crippen LogP contribution in [-0.4, -0.2) is 186 Å². The molecule has 0 saturated heterocycles. The second-order valence-corrected chi connectivity index (χ2v) is 32.1. The van der Waals surface area contributed by atoms with Crippen molar-refractivity contribution in [1.29, 1.82) is 0 Å². The number of rotatable bonds is 28. The standard InChI is InChI=1S/C27H29NO5.C26H26INO5.C26H27NO6.C26H27NO5/c1-18-7-5-6-8-22(18)27(29)28-14-13-19-15-25(31-3)26(32-4)16-23(19)24(28)17-33-21-11-9-20(30-2)10-12-21;1-30-20-7-9-21(10-8-20)33-16-23-22-15-25(32-3)24(31-2)14-17(22)11-12-28(23)26(29)18-5-4-6-19(27)13-18;1-30-20-7-9-21(10-8-20)33-16-23-22-15-25(32-3)24(31-2)14-17(22)11-12-27(23)26(29)18-5-4-6-19(28)13-18;1-29-20-10-7-11-21(15-20)32-17-23-22-16-25(31-3)24(30-2)14-19(22)12-13-27(23)26(28)18-8-5-4-6-9-18/h5-12,15-16,24H,13-14,17H2,1-4H3;4-10,13-15,23H,11-12,16H2,1-3H3;4-10,13-15,23,28H,11-12,16H2,1-3H3;4-11,14-16,23H,12-13,17H2,1-3H3. The number of ether oxygens (including phenoxy) is 16. The van der Waals surface area contributed by atoms with E-state index < -0.39 is 0 Å². The van der Waals surface area contributed by atoms with Gasteiger partial charge >= 0.3 is 0 Å². The molecule has 0 aliphatic carbocycles. The van der Waals surface area contributed by atoms with Crippen LogP contribution >= 0.6 is 22.6 Å². The van der Waals surface area contributed by atoms with Gasteiger partial charge in [0.05, 0.1) is 109 Å². The van der Waals surface area contributed by atoms with Crippen molar-refractivity contribution >= 4 is 46.2 Å². The lowest BCUT2D eigenvalue weighted by Gasteiger charge is -2.38. The fourth-order valence-electron chi connectivity index (χ4n) is 16.5. The largest absolute Gasteiger partial charge is 0.508 e. The predicted octanol–water partition coefficient (Wildman–Crippen LogP) is 18.7. The van der Waals surface area contributed by atoms with E-state index in [4.69, 9.17) is 75.8 Å². The zero-order valence-corrected chi connectivity index (χ0v) is 77.9.